The van der Waals surface area contributed by atoms with Crippen molar-refractivity contribution >= 4 is 0 Å². The van der Waals surface area contributed by atoms with Crippen molar-refractivity contribution in [3.8, 4) is 0 Å². The van der Waals surface area contributed by atoms with Crippen molar-refractivity contribution in [2.45, 2.75) is 52.1 Å². The first-order valence-electron chi connectivity index (χ1n) is 7.87. The van der Waals surface area contributed by atoms with Gasteiger partial charge in [0.25, 0.3) is 0 Å². The van der Waals surface area contributed by atoms with Gasteiger partial charge < -0.3 is 9.88 Å². The van der Waals surface area contributed by atoms with Gasteiger partial charge in [-0.2, -0.15) is 5.10 Å². The molecule has 0 aromatic carbocycles. The Balaban J connectivity index is 1.61. The highest BCUT2D eigenvalue weighted by Gasteiger charge is 2.20. The van der Waals surface area contributed by atoms with Gasteiger partial charge in [-0.1, -0.05) is 0 Å². The van der Waals surface area contributed by atoms with Crippen molar-refractivity contribution in [2.75, 3.05) is 6.54 Å². The zero-order valence-electron chi connectivity index (χ0n) is 13.3. The Kier molecular flexibility index (Phi) is 4.10. The second kappa shape index (κ2) is 6.02. The summed E-state index contributed by atoms with van der Waals surface area (Å²) in [5.41, 5.74) is 3.88. The van der Waals surface area contributed by atoms with Crippen LogP contribution >= 0.6 is 0 Å². The summed E-state index contributed by atoms with van der Waals surface area (Å²) in [5, 5.41) is 8.28. The summed E-state index contributed by atoms with van der Waals surface area (Å²) in [7, 11) is 2.04. The van der Waals surface area contributed by atoms with Crippen molar-refractivity contribution in [3.63, 3.8) is 0 Å². The van der Waals surface area contributed by atoms with E-state index in [-0.39, 0.29) is 0 Å². The predicted molar refractivity (Wildman–Crippen MR) is 83.3 cm³/mol. The first-order valence-corrected chi connectivity index (χ1v) is 7.87. The van der Waals surface area contributed by atoms with Gasteiger partial charge in [-0.05, 0) is 45.2 Å². The molecule has 114 valence electrons. The molecule has 2 aromatic rings. The van der Waals surface area contributed by atoms with Gasteiger partial charge in [0.15, 0.2) is 0 Å². The third kappa shape index (κ3) is 3.35. The Morgan fingerprint density at radius 3 is 2.76 bits per heavy atom. The zero-order chi connectivity index (χ0) is 14.8. The maximum absolute atomic E-state index is 4.70. The molecule has 0 atom stereocenters. The van der Waals surface area contributed by atoms with E-state index in [9.17, 15) is 0 Å². The highest BCUT2D eigenvalue weighted by Crippen LogP contribution is 2.19. The van der Waals surface area contributed by atoms with Gasteiger partial charge in [0.05, 0.1) is 5.69 Å². The minimum absolute atomic E-state index is 0.782. The van der Waals surface area contributed by atoms with Crippen LogP contribution in [0.3, 0.4) is 0 Å². The molecule has 0 saturated heterocycles. The van der Waals surface area contributed by atoms with E-state index in [1.807, 2.05) is 19.4 Å². The van der Waals surface area contributed by atoms with E-state index in [0.29, 0.717) is 0 Å². The van der Waals surface area contributed by atoms with Gasteiger partial charge >= 0.3 is 0 Å². The second-order valence-electron chi connectivity index (χ2n) is 6.06. The maximum Gasteiger partial charge on any atom is 0.110 e. The van der Waals surface area contributed by atoms with Crippen LogP contribution in [0.15, 0.2) is 12.4 Å². The minimum atomic E-state index is 0.782. The van der Waals surface area contributed by atoms with Gasteiger partial charge in [0, 0.05) is 44.1 Å². The molecule has 3 rings (SSSR count). The fourth-order valence-corrected chi connectivity index (χ4v) is 2.85. The minimum Gasteiger partial charge on any atom is -0.338 e. The SMILES string of the molecule is Cc1nn(CCc2nccn2C)c(C)c1CCNC1CC1. The molecule has 0 spiro atoms. The number of nitrogens with one attached hydrogen (secondary N) is 1. The Bertz CT molecular complexity index is 606. The molecule has 2 aromatic heterocycles. The Labute approximate surface area is 126 Å². The molecule has 2 heterocycles. The van der Waals surface area contributed by atoms with E-state index in [4.69, 9.17) is 5.10 Å². The summed E-state index contributed by atoms with van der Waals surface area (Å²) >= 11 is 0. The largest absolute Gasteiger partial charge is 0.338 e. The average Bonchev–Trinajstić information content (AvgIpc) is 3.14. The molecule has 21 heavy (non-hydrogen) atoms. The number of imidazole rings is 1. The van der Waals surface area contributed by atoms with Crippen molar-refractivity contribution < 1.29 is 0 Å². The summed E-state index contributed by atoms with van der Waals surface area (Å²) < 4.78 is 4.21. The molecule has 0 amide bonds. The van der Waals surface area contributed by atoms with Crippen LogP contribution in [0.25, 0.3) is 0 Å². The molecule has 1 N–H and O–H groups in total. The van der Waals surface area contributed by atoms with Crippen molar-refractivity contribution in [2.24, 2.45) is 7.05 Å². The predicted octanol–water partition coefficient (Wildman–Crippen LogP) is 1.77. The number of aromatic nitrogens is 4. The van der Waals surface area contributed by atoms with E-state index in [1.165, 1.54) is 29.8 Å². The van der Waals surface area contributed by atoms with Gasteiger partial charge in [-0.25, -0.2) is 4.98 Å². The lowest BCUT2D eigenvalue weighted by molar-refractivity contribution is 0.571. The molecule has 1 fully saturated rings. The van der Waals surface area contributed by atoms with Crippen molar-refractivity contribution in [1.82, 2.24) is 24.6 Å². The van der Waals surface area contributed by atoms with E-state index in [1.54, 1.807) is 0 Å². The van der Waals surface area contributed by atoms with Gasteiger partial charge in [0.1, 0.15) is 5.82 Å². The van der Waals surface area contributed by atoms with Crippen LogP contribution in [0.1, 0.15) is 35.6 Å². The van der Waals surface area contributed by atoms with E-state index >= 15 is 0 Å². The molecule has 5 heteroatoms. The van der Waals surface area contributed by atoms with Crippen LogP contribution in [0.4, 0.5) is 0 Å². The lowest BCUT2D eigenvalue weighted by atomic mass is 10.1. The fourth-order valence-electron chi connectivity index (χ4n) is 2.85. The quantitative estimate of drug-likeness (QED) is 0.844. The first-order chi connectivity index (χ1) is 10.1. The Morgan fingerprint density at radius 2 is 2.10 bits per heavy atom. The fraction of sp³-hybridized carbons (Fsp3) is 0.625. The van der Waals surface area contributed by atoms with Crippen molar-refractivity contribution in [3.05, 3.63) is 35.2 Å². The summed E-state index contributed by atoms with van der Waals surface area (Å²) in [5.74, 6) is 1.11. The van der Waals surface area contributed by atoms with E-state index in [2.05, 4.69) is 33.4 Å². The summed E-state index contributed by atoms with van der Waals surface area (Å²) in [6.07, 6.45) is 8.54. The molecule has 0 radical (unpaired) electrons. The highest BCUT2D eigenvalue weighted by molar-refractivity contribution is 5.25. The maximum atomic E-state index is 4.70. The standard InChI is InChI=1S/C16H25N5/c1-12-15(6-8-17-14-4-5-14)13(2)21(19-12)10-7-16-18-9-11-20(16)3/h9,11,14,17H,4-8,10H2,1-3H3. The molecule has 1 aliphatic rings. The number of rotatable bonds is 7. The van der Waals surface area contributed by atoms with Crippen LogP contribution in [-0.2, 0) is 26.4 Å². The smallest absolute Gasteiger partial charge is 0.110 e. The molecule has 0 aliphatic heterocycles. The molecule has 5 nitrogen and oxygen atoms in total. The topological polar surface area (TPSA) is 47.7 Å². The summed E-state index contributed by atoms with van der Waals surface area (Å²) in [6.45, 7) is 6.27. The number of hydrogen-bond donors (Lipinski definition) is 1. The van der Waals surface area contributed by atoms with Crippen LogP contribution in [-0.4, -0.2) is 31.9 Å². The number of hydrogen-bond acceptors (Lipinski definition) is 3. The first kappa shape index (κ1) is 14.3. The van der Waals surface area contributed by atoms with Gasteiger partial charge in [-0.15, -0.1) is 0 Å². The molecular formula is C16H25N5. The molecule has 1 aliphatic carbocycles. The highest BCUT2D eigenvalue weighted by atomic mass is 15.3. The average molecular weight is 287 g/mol. The van der Waals surface area contributed by atoms with Crippen LogP contribution in [0.5, 0.6) is 0 Å². The number of nitrogens with zero attached hydrogens (tertiary/aromatic N) is 4. The van der Waals surface area contributed by atoms with Crippen LogP contribution < -0.4 is 5.32 Å². The van der Waals surface area contributed by atoms with Crippen LogP contribution in [0.2, 0.25) is 0 Å². The third-order valence-corrected chi connectivity index (χ3v) is 4.38. The molecule has 0 bridgehead atoms. The molecule has 0 unspecified atom stereocenters. The van der Waals surface area contributed by atoms with Gasteiger partial charge in [-0.3, -0.25) is 4.68 Å². The Hall–Kier alpha value is -1.62. The summed E-state index contributed by atoms with van der Waals surface area (Å²) in [4.78, 5) is 4.38. The monoisotopic (exact) mass is 287 g/mol. The van der Waals surface area contributed by atoms with Crippen LogP contribution in [0, 0.1) is 13.8 Å². The second-order valence-corrected chi connectivity index (χ2v) is 6.06. The molecular weight excluding hydrogens is 262 g/mol. The lowest BCUT2D eigenvalue weighted by Gasteiger charge is -2.06. The van der Waals surface area contributed by atoms with E-state index < -0.39 is 0 Å². The normalized spacial score (nSPS) is 14.8. The third-order valence-electron chi connectivity index (χ3n) is 4.38. The van der Waals surface area contributed by atoms with Gasteiger partial charge in [0.2, 0.25) is 0 Å². The van der Waals surface area contributed by atoms with E-state index in [0.717, 1.165) is 37.8 Å². The zero-order valence-corrected chi connectivity index (χ0v) is 13.3. The Morgan fingerprint density at radius 1 is 1.29 bits per heavy atom. The summed E-state index contributed by atoms with van der Waals surface area (Å²) in [6, 6.07) is 0.782. The lowest BCUT2D eigenvalue weighted by Crippen LogP contribution is -2.19. The molecule has 1 saturated carbocycles. The van der Waals surface area contributed by atoms with Crippen molar-refractivity contribution in [1.29, 1.82) is 0 Å². The number of aryl methyl sites for hydroxylation is 4.